The molecule has 88 valence electrons. The van der Waals surface area contributed by atoms with E-state index in [1.807, 2.05) is 0 Å². The molecule has 0 fully saturated rings. The van der Waals surface area contributed by atoms with Crippen LogP contribution in [0.15, 0.2) is 54.6 Å². The van der Waals surface area contributed by atoms with E-state index in [1.165, 1.54) is 24.3 Å². The van der Waals surface area contributed by atoms with Crippen LogP contribution in [0.4, 0.5) is 13.2 Å². The van der Waals surface area contributed by atoms with Crippen molar-refractivity contribution in [2.24, 2.45) is 0 Å². The molecule has 0 amide bonds. The van der Waals surface area contributed by atoms with Crippen LogP contribution < -0.4 is 4.74 Å². The molecule has 2 rings (SSSR count). The van der Waals surface area contributed by atoms with E-state index in [2.05, 4.69) is 4.74 Å². The van der Waals surface area contributed by atoms with Crippen LogP contribution in [0.5, 0.6) is 5.75 Å². The summed E-state index contributed by atoms with van der Waals surface area (Å²) in [5.41, 5.74) is -0.774. The number of para-hydroxylation sites is 1. The lowest BCUT2D eigenvalue weighted by molar-refractivity contribution is -0.187. The maximum absolute atomic E-state index is 13.6. The lowest BCUT2D eigenvalue weighted by Gasteiger charge is -2.18. The van der Waals surface area contributed by atoms with Crippen molar-refractivity contribution in [1.29, 1.82) is 0 Å². The summed E-state index contributed by atoms with van der Waals surface area (Å²) >= 11 is 0. The van der Waals surface area contributed by atoms with Crippen LogP contribution in [0, 0.1) is 5.82 Å². The fraction of sp³-hybridized carbons (Fsp3) is 0.0769. The first-order valence-corrected chi connectivity index (χ1v) is 4.96. The predicted octanol–water partition coefficient (Wildman–Crippen LogP) is 3.95. The van der Waals surface area contributed by atoms with E-state index in [4.69, 9.17) is 0 Å². The Kier molecular flexibility index (Phi) is 3.04. The SMILES string of the molecule is Fc1ccccc1C(F)(F)Oc1ccccc1. The summed E-state index contributed by atoms with van der Waals surface area (Å²) in [5.74, 6) is -1.01. The van der Waals surface area contributed by atoms with Crippen molar-refractivity contribution in [3.63, 3.8) is 0 Å². The molecule has 0 aliphatic rings. The fourth-order valence-electron chi connectivity index (χ4n) is 1.39. The molecule has 0 bridgehead atoms. The average molecular weight is 238 g/mol. The number of rotatable bonds is 3. The van der Waals surface area contributed by atoms with Gasteiger partial charge in [0.1, 0.15) is 11.6 Å². The highest BCUT2D eigenvalue weighted by Gasteiger charge is 2.37. The highest BCUT2D eigenvalue weighted by molar-refractivity contribution is 5.25. The van der Waals surface area contributed by atoms with Gasteiger partial charge in [0.25, 0.3) is 0 Å². The molecule has 1 nitrogen and oxygen atoms in total. The number of alkyl halides is 2. The van der Waals surface area contributed by atoms with Crippen LogP contribution in [-0.4, -0.2) is 0 Å². The van der Waals surface area contributed by atoms with E-state index >= 15 is 0 Å². The van der Waals surface area contributed by atoms with Crippen molar-refractivity contribution in [2.75, 3.05) is 0 Å². The molecular weight excluding hydrogens is 229 g/mol. The number of hydrogen-bond acceptors (Lipinski definition) is 1. The molecule has 0 radical (unpaired) electrons. The Morgan fingerprint density at radius 3 is 2.06 bits per heavy atom. The van der Waals surface area contributed by atoms with Crippen molar-refractivity contribution in [3.05, 3.63) is 66.0 Å². The van der Waals surface area contributed by atoms with Gasteiger partial charge in [0.2, 0.25) is 0 Å². The first-order valence-electron chi connectivity index (χ1n) is 4.96. The van der Waals surface area contributed by atoms with Crippen molar-refractivity contribution in [3.8, 4) is 5.75 Å². The Hall–Kier alpha value is -1.97. The van der Waals surface area contributed by atoms with Crippen LogP contribution in [0.25, 0.3) is 0 Å². The van der Waals surface area contributed by atoms with Crippen LogP contribution in [0.1, 0.15) is 5.56 Å². The number of ether oxygens (including phenoxy) is 1. The molecule has 0 aliphatic heterocycles. The second kappa shape index (κ2) is 4.49. The largest absolute Gasteiger partial charge is 0.429 e. The molecule has 0 saturated carbocycles. The highest BCUT2D eigenvalue weighted by Crippen LogP contribution is 2.32. The third kappa shape index (κ3) is 2.58. The molecule has 17 heavy (non-hydrogen) atoms. The normalized spacial score (nSPS) is 11.2. The van der Waals surface area contributed by atoms with E-state index in [-0.39, 0.29) is 5.75 Å². The van der Waals surface area contributed by atoms with Gasteiger partial charge in [-0.2, -0.15) is 8.78 Å². The Bertz CT molecular complexity index is 497. The minimum Gasteiger partial charge on any atom is -0.429 e. The molecule has 0 aromatic heterocycles. The lowest BCUT2D eigenvalue weighted by Crippen LogP contribution is -2.23. The molecule has 2 aromatic carbocycles. The summed E-state index contributed by atoms with van der Waals surface area (Å²) in [7, 11) is 0. The predicted molar refractivity (Wildman–Crippen MR) is 57.4 cm³/mol. The van der Waals surface area contributed by atoms with Crippen LogP contribution >= 0.6 is 0 Å². The summed E-state index contributed by atoms with van der Waals surface area (Å²) in [6.07, 6.45) is -3.69. The molecule has 0 atom stereocenters. The van der Waals surface area contributed by atoms with E-state index in [0.29, 0.717) is 0 Å². The van der Waals surface area contributed by atoms with Crippen LogP contribution in [-0.2, 0) is 6.11 Å². The van der Waals surface area contributed by atoms with Gasteiger partial charge < -0.3 is 4.74 Å². The third-order valence-electron chi connectivity index (χ3n) is 2.18. The van der Waals surface area contributed by atoms with Gasteiger partial charge in [0, 0.05) is 0 Å². The van der Waals surface area contributed by atoms with Crippen LogP contribution in [0.3, 0.4) is 0 Å². The Labute approximate surface area is 96.5 Å². The molecular formula is C13H9F3O. The topological polar surface area (TPSA) is 9.23 Å². The Morgan fingerprint density at radius 2 is 1.41 bits per heavy atom. The zero-order valence-corrected chi connectivity index (χ0v) is 8.74. The maximum Gasteiger partial charge on any atom is 0.429 e. The second-order valence-corrected chi connectivity index (χ2v) is 3.41. The first-order chi connectivity index (χ1) is 8.09. The van der Waals surface area contributed by atoms with Crippen molar-refractivity contribution >= 4 is 0 Å². The monoisotopic (exact) mass is 238 g/mol. The van der Waals surface area contributed by atoms with Gasteiger partial charge in [-0.3, -0.25) is 0 Å². The van der Waals surface area contributed by atoms with Gasteiger partial charge in [0.05, 0.1) is 5.56 Å². The molecule has 4 heteroatoms. The lowest BCUT2D eigenvalue weighted by atomic mass is 10.2. The van der Waals surface area contributed by atoms with E-state index in [0.717, 1.165) is 12.1 Å². The number of halogens is 3. The van der Waals surface area contributed by atoms with Gasteiger partial charge in [0.15, 0.2) is 0 Å². The smallest absolute Gasteiger partial charge is 0.429 e. The second-order valence-electron chi connectivity index (χ2n) is 3.41. The summed E-state index contributed by atoms with van der Waals surface area (Å²) in [5, 5.41) is 0. The van der Waals surface area contributed by atoms with Gasteiger partial charge in [-0.1, -0.05) is 30.3 Å². The van der Waals surface area contributed by atoms with Gasteiger partial charge in [-0.15, -0.1) is 0 Å². The Balaban J connectivity index is 2.28. The van der Waals surface area contributed by atoms with E-state index < -0.39 is 17.5 Å². The number of hydrogen-bond donors (Lipinski definition) is 0. The molecule has 0 unspecified atom stereocenters. The quantitative estimate of drug-likeness (QED) is 0.786. The van der Waals surface area contributed by atoms with Crippen molar-refractivity contribution < 1.29 is 17.9 Å². The number of benzene rings is 2. The Morgan fingerprint density at radius 1 is 0.824 bits per heavy atom. The standard InChI is InChI=1S/C13H9F3O/c14-12-9-5-4-8-11(12)13(15,16)17-10-6-2-1-3-7-10/h1-9H. The molecule has 2 aromatic rings. The zero-order chi connectivity index (χ0) is 12.3. The molecule has 0 saturated heterocycles. The summed E-state index contributed by atoms with van der Waals surface area (Å²) in [6.45, 7) is 0. The summed E-state index contributed by atoms with van der Waals surface area (Å²) in [4.78, 5) is 0. The van der Waals surface area contributed by atoms with Crippen LogP contribution in [0.2, 0.25) is 0 Å². The fourth-order valence-corrected chi connectivity index (χ4v) is 1.39. The first kappa shape index (κ1) is 11.5. The summed E-state index contributed by atoms with van der Waals surface area (Å²) in [6, 6.07) is 12.2. The minimum absolute atomic E-state index is 0.0132. The minimum atomic E-state index is -3.69. The van der Waals surface area contributed by atoms with E-state index in [1.54, 1.807) is 18.2 Å². The highest BCUT2D eigenvalue weighted by atomic mass is 19.3. The van der Waals surface area contributed by atoms with Crippen molar-refractivity contribution in [1.82, 2.24) is 0 Å². The van der Waals surface area contributed by atoms with Crippen molar-refractivity contribution in [2.45, 2.75) is 6.11 Å². The summed E-state index contributed by atoms with van der Waals surface area (Å²) < 4.78 is 45.0. The van der Waals surface area contributed by atoms with Gasteiger partial charge in [-0.05, 0) is 24.3 Å². The van der Waals surface area contributed by atoms with Gasteiger partial charge >= 0.3 is 6.11 Å². The molecule has 0 spiro atoms. The third-order valence-corrected chi connectivity index (χ3v) is 2.18. The molecule has 0 aliphatic carbocycles. The molecule has 0 heterocycles. The molecule has 0 N–H and O–H groups in total. The average Bonchev–Trinajstić information content (AvgIpc) is 2.30. The van der Waals surface area contributed by atoms with Gasteiger partial charge in [-0.25, -0.2) is 4.39 Å². The zero-order valence-electron chi connectivity index (χ0n) is 8.74. The van der Waals surface area contributed by atoms with E-state index in [9.17, 15) is 13.2 Å². The maximum atomic E-state index is 13.6.